The van der Waals surface area contributed by atoms with Crippen molar-refractivity contribution in [3.8, 4) is 17.3 Å². The van der Waals surface area contributed by atoms with Gasteiger partial charge in [-0.1, -0.05) is 16.9 Å². The van der Waals surface area contributed by atoms with Crippen LogP contribution in [0.25, 0.3) is 11.5 Å². The van der Waals surface area contributed by atoms with Gasteiger partial charge < -0.3 is 9.63 Å². The molecule has 0 unspecified atom stereocenters. The Morgan fingerprint density at radius 3 is 2.62 bits per heavy atom. The summed E-state index contributed by atoms with van der Waals surface area (Å²) in [5.74, 6) is 1.66. The van der Waals surface area contributed by atoms with Gasteiger partial charge in [0.15, 0.2) is 11.6 Å². The van der Waals surface area contributed by atoms with Crippen LogP contribution in [0.5, 0.6) is 5.75 Å². The van der Waals surface area contributed by atoms with Crippen molar-refractivity contribution in [2.45, 2.75) is 25.9 Å². The number of nitrogens with zero attached hydrogens (tertiary/aromatic N) is 6. The predicted octanol–water partition coefficient (Wildman–Crippen LogP) is 3.05. The summed E-state index contributed by atoms with van der Waals surface area (Å²) in [4.78, 5) is 12.9. The molecule has 29 heavy (non-hydrogen) atoms. The van der Waals surface area contributed by atoms with E-state index >= 15 is 0 Å². The molecule has 0 atom stereocenters. The zero-order chi connectivity index (χ0) is 20.5. The number of phenols is 1. The molecule has 10 heteroatoms. The normalized spacial score (nSPS) is 11.1. The van der Waals surface area contributed by atoms with Crippen molar-refractivity contribution in [1.29, 1.82) is 0 Å². The number of Topliss-reactive ketones (excluding diaryl/α,β-unsaturated/α-hetero) is 1. The monoisotopic (exact) mass is 410 g/mol. The molecule has 0 aliphatic carbocycles. The molecule has 1 aromatic carbocycles. The van der Waals surface area contributed by atoms with E-state index in [1.807, 2.05) is 37.5 Å². The number of thioether (sulfide) groups is 1. The quantitative estimate of drug-likeness (QED) is 0.381. The molecule has 0 saturated carbocycles. The Balaban J connectivity index is 1.53. The molecule has 1 N–H and O–H groups in total. The van der Waals surface area contributed by atoms with Crippen LogP contribution in [0.15, 0.2) is 46.1 Å². The summed E-state index contributed by atoms with van der Waals surface area (Å²) in [5.41, 5.74) is 3.03. The van der Waals surface area contributed by atoms with Gasteiger partial charge in [-0.25, -0.2) is 0 Å². The zero-order valence-corrected chi connectivity index (χ0v) is 16.8. The molecular formula is C19H18N6O3S. The standard InChI is InChI=1S/C19H18N6O3S/c1-11-8-16(13(3)24(11)18-9-12(2)28-21-18)17(27)10-29-19-20-22-23-25(19)14-4-6-15(26)7-5-14/h4-9,26H,10H2,1-3H3. The first-order valence-electron chi connectivity index (χ1n) is 8.80. The maximum atomic E-state index is 12.9. The molecule has 148 valence electrons. The van der Waals surface area contributed by atoms with E-state index in [9.17, 15) is 9.90 Å². The van der Waals surface area contributed by atoms with Crippen molar-refractivity contribution < 1.29 is 14.4 Å². The molecule has 4 rings (SSSR count). The van der Waals surface area contributed by atoms with Gasteiger partial charge in [-0.2, -0.15) is 4.68 Å². The van der Waals surface area contributed by atoms with Crippen LogP contribution >= 0.6 is 11.8 Å². The lowest BCUT2D eigenvalue weighted by Gasteiger charge is -2.06. The molecule has 0 aliphatic rings. The first kappa shape index (κ1) is 18.9. The highest BCUT2D eigenvalue weighted by Gasteiger charge is 2.20. The first-order chi connectivity index (χ1) is 13.9. The van der Waals surface area contributed by atoms with Gasteiger partial charge in [0.1, 0.15) is 11.5 Å². The van der Waals surface area contributed by atoms with Gasteiger partial charge in [-0.3, -0.25) is 9.36 Å². The molecule has 0 saturated heterocycles. The molecule has 3 heterocycles. The van der Waals surface area contributed by atoms with Crippen LogP contribution < -0.4 is 0 Å². The summed E-state index contributed by atoms with van der Waals surface area (Å²) < 4.78 is 8.58. The van der Waals surface area contributed by atoms with Crippen LogP contribution in [-0.2, 0) is 0 Å². The Hall–Kier alpha value is -3.40. The van der Waals surface area contributed by atoms with Crippen LogP contribution in [0.2, 0.25) is 0 Å². The van der Waals surface area contributed by atoms with Crippen molar-refractivity contribution in [1.82, 2.24) is 29.9 Å². The second-order valence-corrected chi connectivity index (χ2v) is 7.46. The average Bonchev–Trinajstić information content (AvgIpc) is 3.40. The Bertz CT molecular complexity index is 1180. The van der Waals surface area contributed by atoms with Crippen molar-refractivity contribution in [2.24, 2.45) is 0 Å². The minimum absolute atomic E-state index is 0.0326. The fourth-order valence-electron chi connectivity index (χ4n) is 3.09. The highest BCUT2D eigenvalue weighted by Crippen LogP contribution is 2.24. The van der Waals surface area contributed by atoms with E-state index in [4.69, 9.17) is 4.52 Å². The van der Waals surface area contributed by atoms with E-state index in [1.54, 1.807) is 24.3 Å². The number of rotatable bonds is 6. The molecular weight excluding hydrogens is 392 g/mol. The third kappa shape index (κ3) is 3.66. The van der Waals surface area contributed by atoms with E-state index < -0.39 is 0 Å². The maximum absolute atomic E-state index is 12.9. The van der Waals surface area contributed by atoms with Crippen LogP contribution in [0.4, 0.5) is 0 Å². The number of phenolic OH excluding ortho intramolecular Hbond substituents is 1. The Kier molecular flexibility index (Phi) is 4.93. The lowest BCUT2D eigenvalue weighted by Crippen LogP contribution is -2.07. The second kappa shape index (κ2) is 7.55. The van der Waals surface area contributed by atoms with E-state index in [-0.39, 0.29) is 17.3 Å². The number of hydrogen-bond donors (Lipinski definition) is 1. The lowest BCUT2D eigenvalue weighted by molar-refractivity contribution is 0.102. The summed E-state index contributed by atoms with van der Waals surface area (Å²) in [5, 5.41) is 25.6. The molecule has 0 aliphatic heterocycles. The van der Waals surface area contributed by atoms with Crippen molar-refractivity contribution in [2.75, 3.05) is 5.75 Å². The fraction of sp³-hybridized carbons (Fsp3) is 0.211. The third-order valence-electron chi connectivity index (χ3n) is 4.44. The molecule has 0 fully saturated rings. The predicted molar refractivity (Wildman–Crippen MR) is 106 cm³/mol. The highest BCUT2D eigenvalue weighted by atomic mass is 32.2. The number of benzene rings is 1. The topological polar surface area (TPSA) is 112 Å². The van der Waals surface area contributed by atoms with Gasteiger partial charge in [-0.15, -0.1) is 5.10 Å². The maximum Gasteiger partial charge on any atom is 0.214 e. The number of tetrazole rings is 1. The fourth-order valence-corrected chi connectivity index (χ4v) is 3.86. The van der Waals surface area contributed by atoms with Crippen molar-refractivity contribution in [3.05, 3.63) is 59.1 Å². The third-order valence-corrected chi connectivity index (χ3v) is 5.36. The average molecular weight is 410 g/mol. The lowest BCUT2D eigenvalue weighted by atomic mass is 10.2. The number of aromatic nitrogens is 6. The largest absolute Gasteiger partial charge is 0.508 e. The zero-order valence-electron chi connectivity index (χ0n) is 16.0. The molecule has 0 spiro atoms. The minimum Gasteiger partial charge on any atom is -0.508 e. The minimum atomic E-state index is -0.0326. The first-order valence-corrected chi connectivity index (χ1v) is 9.79. The molecule has 0 radical (unpaired) electrons. The number of aryl methyl sites for hydroxylation is 2. The van der Waals surface area contributed by atoms with Crippen LogP contribution in [0.1, 0.15) is 27.5 Å². The summed E-state index contributed by atoms with van der Waals surface area (Å²) in [7, 11) is 0. The van der Waals surface area contributed by atoms with Crippen LogP contribution in [-0.4, -0.2) is 46.6 Å². The van der Waals surface area contributed by atoms with E-state index in [0.29, 0.717) is 28.0 Å². The van der Waals surface area contributed by atoms with E-state index in [0.717, 1.165) is 11.4 Å². The molecule has 3 aromatic heterocycles. The van der Waals surface area contributed by atoms with E-state index in [1.165, 1.54) is 16.4 Å². The summed E-state index contributed by atoms with van der Waals surface area (Å²) in [6.07, 6.45) is 0. The Labute approximate surface area is 170 Å². The molecule has 0 bridgehead atoms. The van der Waals surface area contributed by atoms with Gasteiger partial charge in [0.25, 0.3) is 0 Å². The van der Waals surface area contributed by atoms with Gasteiger partial charge in [0.2, 0.25) is 5.16 Å². The smallest absolute Gasteiger partial charge is 0.214 e. The number of hydrogen-bond acceptors (Lipinski definition) is 8. The van der Waals surface area contributed by atoms with Crippen molar-refractivity contribution >= 4 is 17.5 Å². The van der Waals surface area contributed by atoms with Gasteiger partial charge in [-0.05, 0) is 61.5 Å². The van der Waals surface area contributed by atoms with E-state index in [2.05, 4.69) is 20.7 Å². The van der Waals surface area contributed by atoms with Crippen molar-refractivity contribution in [3.63, 3.8) is 0 Å². The Morgan fingerprint density at radius 1 is 1.17 bits per heavy atom. The van der Waals surface area contributed by atoms with Gasteiger partial charge in [0, 0.05) is 23.0 Å². The molecule has 4 aromatic rings. The summed E-state index contributed by atoms with van der Waals surface area (Å²) in [6.45, 7) is 5.63. The molecule has 0 amide bonds. The summed E-state index contributed by atoms with van der Waals surface area (Å²) in [6, 6.07) is 10.2. The Morgan fingerprint density at radius 2 is 1.93 bits per heavy atom. The number of carbonyl (C=O) groups excluding carboxylic acids is 1. The van der Waals surface area contributed by atoms with Crippen LogP contribution in [0.3, 0.4) is 0 Å². The highest BCUT2D eigenvalue weighted by molar-refractivity contribution is 7.99. The van der Waals surface area contributed by atoms with Gasteiger partial charge >= 0.3 is 0 Å². The number of ketones is 1. The SMILES string of the molecule is Cc1cc(-n2c(C)cc(C(=O)CSc3nnnn3-c3ccc(O)cc3)c2C)no1. The molecule has 9 nitrogen and oxygen atoms in total. The second-order valence-electron chi connectivity index (χ2n) is 6.52. The van der Waals surface area contributed by atoms with Gasteiger partial charge in [0.05, 0.1) is 11.4 Å². The van der Waals surface area contributed by atoms with Crippen LogP contribution in [0, 0.1) is 20.8 Å². The summed E-state index contributed by atoms with van der Waals surface area (Å²) >= 11 is 1.25. The number of aromatic hydroxyl groups is 1. The number of carbonyl (C=O) groups is 1.